The molecule has 3 heterocycles. The first kappa shape index (κ1) is 19.3. The van der Waals surface area contributed by atoms with Crippen molar-refractivity contribution in [2.75, 3.05) is 12.3 Å². The SMILES string of the molecule is O=C(Cn1cnc2c(oc3ccccc32)c1=O)N1CCS[C@@H]1c1ccc([N+](=O)[O-])cc1. The van der Waals surface area contributed by atoms with Gasteiger partial charge in [-0.3, -0.25) is 24.3 Å². The fraction of sp³-hybridized carbons (Fsp3) is 0.190. The molecule has 156 valence electrons. The Kier molecular flexibility index (Phi) is 4.70. The maximum absolute atomic E-state index is 13.0. The number of thioether (sulfide) groups is 1. The van der Waals surface area contributed by atoms with Crippen LogP contribution in [-0.4, -0.2) is 37.6 Å². The Balaban J connectivity index is 1.42. The van der Waals surface area contributed by atoms with Crippen molar-refractivity contribution in [1.29, 1.82) is 0 Å². The number of furan rings is 1. The second kappa shape index (κ2) is 7.55. The number of nitro benzene ring substituents is 1. The first-order chi connectivity index (χ1) is 15.0. The number of benzene rings is 2. The Morgan fingerprint density at radius 2 is 2.00 bits per heavy atom. The number of hydrogen-bond donors (Lipinski definition) is 0. The molecular formula is C21H16N4O5S. The van der Waals surface area contributed by atoms with Crippen LogP contribution in [0.15, 0.2) is 64.1 Å². The summed E-state index contributed by atoms with van der Waals surface area (Å²) >= 11 is 1.58. The Hall–Kier alpha value is -3.66. The number of para-hydroxylation sites is 1. The molecule has 10 heteroatoms. The average Bonchev–Trinajstić information content (AvgIpc) is 3.41. The molecule has 0 aliphatic carbocycles. The highest BCUT2D eigenvalue weighted by Crippen LogP contribution is 2.38. The molecule has 1 aliphatic heterocycles. The highest BCUT2D eigenvalue weighted by atomic mass is 32.2. The molecule has 1 saturated heterocycles. The van der Waals surface area contributed by atoms with Gasteiger partial charge in [-0.15, -0.1) is 11.8 Å². The lowest BCUT2D eigenvalue weighted by molar-refractivity contribution is -0.384. The maximum atomic E-state index is 13.0. The molecule has 1 fully saturated rings. The van der Waals surface area contributed by atoms with Crippen molar-refractivity contribution >= 4 is 45.4 Å². The van der Waals surface area contributed by atoms with Crippen LogP contribution in [0.2, 0.25) is 0 Å². The monoisotopic (exact) mass is 436 g/mol. The summed E-state index contributed by atoms with van der Waals surface area (Å²) in [5, 5.41) is 11.4. The molecule has 2 aromatic heterocycles. The van der Waals surface area contributed by atoms with Gasteiger partial charge in [-0.05, 0) is 29.8 Å². The van der Waals surface area contributed by atoms with Gasteiger partial charge in [0.15, 0.2) is 0 Å². The smallest absolute Gasteiger partial charge is 0.297 e. The van der Waals surface area contributed by atoms with Crippen LogP contribution in [0, 0.1) is 10.1 Å². The lowest BCUT2D eigenvalue weighted by Crippen LogP contribution is -2.36. The number of hydrogen-bond acceptors (Lipinski definition) is 7. The third-order valence-corrected chi connectivity index (χ3v) is 6.52. The van der Waals surface area contributed by atoms with Crippen molar-refractivity contribution in [2.45, 2.75) is 11.9 Å². The van der Waals surface area contributed by atoms with Gasteiger partial charge < -0.3 is 9.32 Å². The van der Waals surface area contributed by atoms with Crippen LogP contribution in [0.25, 0.3) is 22.1 Å². The van der Waals surface area contributed by atoms with Crippen LogP contribution < -0.4 is 5.56 Å². The molecule has 4 aromatic rings. The van der Waals surface area contributed by atoms with Gasteiger partial charge >= 0.3 is 0 Å². The Labute approximate surface area is 179 Å². The number of fused-ring (bicyclic) bond motifs is 3. The predicted molar refractivity (Wildman–Crippen MR) is 116 cm³/mol. The van der Waals surface area contributed by atoms with Crippen LogP contribution in [0.5, 0.6) is 0 Å². The van der Waals surface area contributed by atoms with E-state index in [-0.39, 0.29) is 29.1 Å². The zero-order valence-corrected chi connectivity index (χ0v) is 16.9. The lowest BCUT2D eigenvalue weighted by atomic mass is 10.2. The predicted octanol–water partition coefficient (Wildman–Crippen LogP) is 3.33. The lowest BCUT2D eigenvalue weighted by Gasteiger charge is -2.24. The zero-order chi connectivity index (χ0) is 21.5. The van der Waals surface area contributed by atoms with Gasteiger partial charge in [-0.25, -0.2) is 4.98 Å². The third kappa shape index (κ3) is 3.34. The van der Waals surface area contributed by atoms with E-state index in [1.54, 1.807) is 34.9 Å². The van der Waals surface area contributed by atoms with Crippen LogP contribution in [0.4, 0.5) is 5.69 Å². The summed E-state index contributed by atoms with van der Waals surface area (Å²) in [5.41, 5.74) is 1.57. The molecule has 31 heavy (non-hydrogen) atoms. The Bertz CT molecular complexity index is 1380. The van der Waals surface area contributed by atoms with Gasteiger partial charge in [0.2, 0.25) is 11.5 Å². The van der Waals surface area contributed by atoms with Crippen molar-refractivity contribution in [3.05, 3.63) is 80.9 Å². The topological polar surface area (TPSA) is 111 Å². The van der Waals surface area contributed by atoms with Gasteiger partial charge in [0, 0.05) is 29.8 Å². The first-order valence-electron chi connectivity index (χ1n) is 9.55. The normalized spacial score (nSPS) is 16.3. The van der Waals surface area contributed by atoms with Gasteiger partial charge in [0.1, 0.15) is 23.0 Å². The Morgan fingerprint density at radius 1 is 1.23 bits per heavy atom. The quantitative estimate of drug-likeness (QED) is 0.356. The van der Waals surface area contributed by atoms with E-state index >= 15 is 0 Å². The largest absolute Gasteiger partial charge is 0.448 e. The Morgan fingerprint density at radius 3 is 2.77 bits per heavy atom. The molecule has 1 amide bonds. The average molecular weight is 436 g/mol. The summed E-state index contributed by atoms with van der Waals surface area (Å²) in [4.78, 5) is 42.4. The molecule has 0 saturated carbocycles. The van der Waals surface area contributed by atoms with E-state index in [0.29, 0.717) is 17.6 Å². The number of aromatic nitrogens is 2. The fourth-order valence-corrected chi connectivity index (χ4v) is 5.00. The minimum atomic E-state index is -0.456. The number of non-ortho nitro benzene ring substituents is 1. The molecule has 1 aliphatic rings. The molecular weight excluding hydrogens is 420 g/mol. The number of nitrogens with zero attached hydrogens (tertiary/aromatic N) is 4. The minimum absolute atomic E-state index is 0.00128. The van der Waals surface area contributed by atoms with E-state index in [4.69, 9.17) is 4.42 Å². The minimum Gasteiger partial charge on any atom is -0.448 e. The standard InChI is InChI=1S/C21H16N4O5S/c26-17(24-9-10-31-21(24)13-5-7-14(8-6-13)25(28)29)11-23-12-22-18-15-3-1-2-4-16(15)30-19(18)20(23)27/h1-8,12,21H,9-11H2/t21-/m1/s1. The van der Waals surface area contributed by atoms with E-state index in [2.05, 4.69) is 4.98 Å². The van der Waals surface area contributed by atoms with Crippen LogP contribution in [-0.2, 0) is 11.3 Å². The summed E-state index contributed by atoms with van der Waals surface area (Å²) in [7, 11) is 0. The van der Waals surface area contributed by atoms with Gasteiger partial charge in [0.25, 0.3) is 11.2 Å². The summed E-state index contributed by atoms with van der Waals surface area (Å²) in [6.45, 7) is 0.364. The molecule has 0 spiro atoms. The van der Waals surface area contributed by atoms with E-state index in [1.807, 2.05) is 18.2 Å². The summed E-state index contributed by atoms with van der Waals surface area (Å²) in [6, 6.07) is 13.4. The highest BCUT2D eigenvalue weighted by Gasteiger charge is 2.31. The molecule has 0 N–H and O–H groups in total. The van der Waals surface area contributed by atoms with Crippen LogP contribution in [0.1, 0.15) is 10.9 Å². The van der Waals surface area contributed by atoms with Crippen LogP contribution >= 0.6 is 11.8 Å². The van der Waals surface area contributed by atoms with E-state index in [9.17, 15) is 19.7 Å². The second-order valence-electron chi connectivity index (χ2n) is 7.11. The fourth-order valence-electron chi connectivity index (χ4n) is 3.73. The molecule has 2 aromatic carbocycles. The number of nitro groups is 1. The van der Waals surface area contributed by atoms with E-state index < -0.39 is 10.5 Å². The van der Waals surface area contributed by atoms with Gasteiger partial charge in [-0.1, -0.05) is 12.1 Å². The maximum Gasteiger partial charge on any atom is 0.297 e. The molecule has 5 rings (SSSR count). The van der Waals surface area contributed by atoms with E-state index in [0.717, 1.165) is 16.7 Å². The van der Waals surface area contributed by atoms with Crippen molar-refractivity contribution in [3.63, 3.8) is 0 Å². The van der Waals surface area contributed by atoms with E-state index in [1.165, 1.54) is 23.0 Å². The number of amides is 1. The number of carbonyl (C=O) groups is 1. The van der Waals surface area contributed by atoms with Crippen molar-refractivity contribution < 1.29 is 14.1 Å². The van der Waals surface area contributed by atoms with Crippen LogP contribution in [0.3, 0.4) is 0 Å². The first-order valence-corrected chi connectivity index (χ1v) is 10.6. The summed E-state index contributed by atoms with van der Waals surface area (Å²) in [6.07, 6.45) is 1.37. The van der Waals surface area contributed by atoms with Crippen molar-refractivity contribution in [1.82, 2.24) is 14.5 Å². The van der Waals surface area contributed by atoms with Gasteiger partial charge in [0.05, 0.1) is 11.3 Å². The number of carbonyl (C=O) groups excluding carboxylic acids is 1. The molecule has 1 atom stereocenters. The third-order valence-electron chi connectivity index (χ3n) is 5.26. The van der Waals surface area contributed by atoms with Crippen molar-refractivity contribution in [3.8, 4) is 0 Å². The molecule has 9 nitrogen and oxygen atoms in total. The molecule has 0 radical (unpaired) electrons. The second-order valence-corrected chi connectivity index (χ2v) is 8.30. The van der Waals surface area contributed by atoms with Crippen molar-refractivity contribution in [2.24, 2.45) is 0 Å². The number of rotatable bonds is 4. The highest BCUT2D eigenvalue weighted by molar-refractivity contribution is 7.99. The van der Waals surface area contributed by atoms with Gasteiger partial charge in [-0.2, -0.15) is 0 Å². The summed E-state index contributed by atoms with van der Waals surface area (Å²) in [5.74, 6) is 0.510. The molecule has 0 unspecified atom stereocenters. The summed E-state index contributed by atoms with van der Waals surface area (Å²) < 4.78 is 6.92. The zero-order valence-electron chi connectivity index (χ0n) is 16.1. The molecule has 0 bridgehead atoms.